The molecule has 7 heteroatoms. The third kappa shape index (κ3) is 4.51. The zero-order chi connectivity index (χ0) is 13.1. The van der Waals surface area contributed by atoms with E-state index in [1.807, 2.05) is 6.92 Å². The lowest BCUT2D eigenvalue weighted by Gasteiger charge is -2.27. The largest absolute Gasteiger partial charge is 0.416 e. The lowest BCUT2D eigenvalue weighted by atomic mass is 9.94. The van der Waals surface area contributed by atoms with Crippen molar-refractivity contribution in [3.05, 3.63) is 0 Å². The number of hydrogen-bond acceptors (Lipinski definition) is 3. The summed E-state index contributed by atoms with van der Waals surface area (Å²) in [4.78, 5) is 11.5. The van der Waals surface area contributed by atoms with Crippen LogP contribution in [0.15, 0.2) is 0 Å². The van der Waals surface area contributed by atoms with Gasteiger partial charge in [0.2, 0.25) is 5.91 Å². The quantitative estimate of drug-likeness (QED) is 0.684. The molecule has 0 spiro atoms. The maximum Gasteiger partial charge on any atom is 0.416 e. The van der Waals surface area contributed by atoms with E-state index in [0.717, 1.165) is 6.42 Å². The summed E-state index contributed by atoms with van der Waals surface area (Å²) in [6.07, 6.45) is -5.64. The summed E-state index contributed by atoms with van der Waals surface area (Å²) in [5.74, 6) is -0.112. The summed E-state index contributed by atoms with van der Waals surface area (Å²) < 4.78 is 36.0. The van der Waals surface area contributed by atoms with Gasteiger partial charge in [0.15, 0.2) is 6.10 Å². The van der Waals surface area contributed by atoms with Crippen molar-refractivity contribution in [2.24, 2.45) is 5.92 Å². The highest BCUT2D eigenvalue weighted by atomic mass is 19.4. The van der Waals surface area contributed by atoms with E-state index in [1.165, 1.54) is 0 Å². The second-order valence-electron chi connectivity index (χ2n) is 4.44. The highest BCUT2D eigenvalue weighted by Gasteiger charge is 2.38. The molecule has 0 aromatic rings. The van der Waals surface area contributed by atoms with Crippen molar-refractivity contribution in [1.82, 2.24) is 10.6 Å². The Kier molecular flexibility index (Phi) is 4.76. The van der Waals surface area contributed by atoms with Gasteiger partial charge >= 0.3 is 6.18 Å². The molecule has 1 fully saturated rings. The molecule has 0 saturated carbocycles. The molecule has 3 atom stereocenters. The number of aliphatic hydroxyl groups excluding tert-OH is 1. The van der Waals surface area contributed by atoms with Crippen LogP contribution in [0.1, 0.15) is 19.8 Å². The fraction of sp³-hybridized carbons (Fsp3) is 0.900. The van der Waals surface area contributed by atoms with E-state index in [2.05, 4.69) is 10.6 Å². The Labute approximate surface area is 97.6 Å². The Morgan fingerprint density at radius 2 is 2.24 bits per heavy atom. The fourth-order valence-electron chi connectivity index (χ4n) is 1.74. The zero-order valence-electron chi connectivity index (χ0n) is 9.55. The van der Waals surface area contributed by atoms with E-state index in [-0.39, 0.29) is 0 Å². The van der Waals surface area contributed by atoms with Gasteiger partial charge in [0.1, 0.15) is 0 Å². The molecular formula is C10H17F3N2O2. The summed E-state index contributed by atoms with van der Waals surface area (Å²) in [6.45, 7) is 1.88. The average Bonchev–Trinajstić information content (AvgIpc) is 2.24. The van der Waals surface area contributed by atoms with Crippen molar-refractivity contribution in [2.45, 2.75) is 38.1 Å². The molecule has 0 aromatic heterocycles. The molecule has 3 N–H and O–H groups in total. The van der Waals surface area contributed by atoms with Crippen LogP contribution in [0.25, 0.3) is 0 Å². The van der Waals surface area contributed by atoms with Gasteiger partial charge in [-0.15, -0.1) is 0 Å². The lowest BCUT2D eigenvalue weighted by molar-refractivity contribution is -0.201. The molecule has 0 aliphatic carbocycles. The van der Waals surface area contributed by atoms with Gasteiger partial charge in [-0.2, -0.15) is 13.2 Å². The maximum atomic E-state index is 12.0. The Bertz CT molecular complexity index is 271. The number of carbonyl (C=O) groups is 1. The van der Waals surface area contributed by atoms with Crippen LogP contribution >= 0.6 is 0 Å². The molecule has 17 heavy (non-hydrogen) atoms. The predicted octanol–water partition coefficient (Wildman–Crippen LogP) is 0.414. The van der Waals surface area contributed by atoms with Gasteiger partial charge in [-0.3, -0.25) is 4.79 Å². The minimum absolute atomic E-state index is 0.375. The van der Waals surface area contributed by atoms with Crippen LogP contribution in [0.5, 0.6) is 0 Å². The SMILES string of the molecule is CC1CCNC(C(=O)NCC(O)C(F)(F)F)C1. The predicted molar refractivity (Wildman–Crippen MR) is 55.3 cm³/mol. The van der Waals surface area contributed by atoms with E-state index in [1.54, 1.807) is 0 Å². The molecule has 1 rings (SSSR count). The van der Waals surface area contributed by atoms with Crippen molar-refractivity contribution in [2.75, 3.05) is 13.1 Å². The summed E-state index contributed by atoms with van der Waals surface area (Å²) in [5.41, 5.74) is 0. The fourth-order valence-corrected chi connectivity index (χ4v) is 1.74. The van der Waals surface area contributed by atoms with Crippen molar-refractivity contribution >= 4 is 5.91 Å². The summed E-state index contributed by atoms with van der Waals surface area (Å²) in [5, 5.41) is 13.8. The molecule has 1 heterocycles. The highest BCUT2D eigenvalue weighted by molar-refractivity contribution is 5.81. The van der Waals surface area contributed by atoms with Gasteiger partial charge in [-0.25, -0.2) is 0 Å². The molecule has 1 aliphatic rings. The van der Waals surface area contributed by atoms with Crippen LogP contribution in [0.2, 0.25) is 0 Å². The number of hydrogen-bond donors (Lipinski definition) is 3. The normalized spacial score (nSPS) is 27.6. The monoisotopic (exact) mass is 254 g/mol. The average molecular weight is 254 g/mol. The number of nitrogens with one attached hydrogen (secondary N) is 2. The molecule has 1 aliphatic heterocycles. The van der Waals surface area contributed by atoms with E-state index in [9.17, 15) is 18.0 Å². The number of carbonyl (C=O) groups excluding carboxylic acids is 1. The van der Waals surface area contributed by atoms with Crippen molar-refractivity contribution in [3.63, 3.8) is 0 Å². The van der Waals surface area contributed by atoms with Crippen LogP contribution in [0.4, 0.5) is 13.2 Å². The van der Waals surface area contributed by atoms with E-state index in [0.29, 0.717) is 18.9 Å². The number of amides is 1. The van der Waals surface area contributed by atoms with Crippen LogP contribution in [0.3, 0.4) is 0 Å². The van der Waals surface area contributed by atoms with Gasteiger partial charge in [-0.1, -0.05) is 6.92 Å². The molecular weight excluding hydrogens is 237 g/mol. The molecule has 3 unspecified atom stereocenters. The first-order valence-corrected chi connectivity index (χ1v) is 5.56. The Morgan fingerprint density at radius 3 is 2.76 bits per heavy atom. The Hall–Kier alpha value is -0.820. The van der Waals surface area contributed by atoms with Gasteiger partial charge < -0.3 is 15.7 Å². The van der Waals surface area contributed by atoms with Crippen LogP contribution in [-0.4, -0.2) is 42.4 Å². The molecule has 0 aromatic carbocycles. The minimum Gasteiger partial charge on any atom is -0.382 e. The van der Waals surface area contributed by atoms with Gasteiger partial charge in [0.25, 0.3) is 0 Å². The second kappa shape index (κ2) is 5.68. The number of piperidine rings is 1. The van der Waals surface area contributed by atoms with Crippen molar-refractivity contribution < 1.29 is 23.1 Å². The van der Waals surface area contributed by atoms with Gasteiger partial charge in [-0.05, 0) is 25.3 Å². The lowest BCUT2D eigenvalue weighted by Crippen LogP contribution is -2.51. The number of rotatable bonds is 3. The van der Waals surface area contributed by atoms with Crippen molar-refractivity contribution in [1.29, 1.82) is 0 Å². The highest BCUT2D eigenvalue weighted by Crippen LogP contribution is 2.19. The Morgan fingerprint density at radius 1 is 1.59 bits per heavy atom. The minimum atomic E-state index is -4.69. The summed E-state index contributed by atoms with van der Waals surface area (Å²) in [7, 11) is 0. The summed E-state index contributed by atoms with van der Waals surface area (Å²) in [6, 6.07) is -0.459. The van der Waals surface area contributed by atoms with E-state index >= 15 is 0 Å². The van der Waals surface area contributed by atoms with Crippen molar-refractivity contribution in [3.8, 4) is 0 Å². The molecule has 1 saturated heterocycles. The van der Waals surface area contributed by atoms with E-state index in [4.69, 9.17) is 5.11 Å². The first-order valence-electron chi connectivity index (χ1n) is 5.56. The molecule has 100 valence electrons. The van der Waals surface area contributed by atoms with E-state index < -0.39 is 30.8 Å². The first-order chi connectivity index (χ1) is 7.80. The van der Waals surface area contributed by atoms with Crippen LogP contribution in [0, 0.1) is 5.92 Å². The smallest absolute Gasteiger partial charge is 0.382 e. The maximum absolute atomic E-state index is 12.0. The third-order valence-corrected chi connectivity index (χ3v) is 2.83. The second-order valence-corrected chi connectivity index (χ2v) is 4.44. The van der Waals surface area contributed by atoms with Crippen LogP contribution in [-0.2, 0) is 4.79 Å². The molecule has 0 bridgehead atoms. The number of aliphatic hydroxyl groups is 1. The Balaban J connectivity index is 2.34. The molecule has 1 amide bonds. The topological polar surface area (TPSA) is 61.4 Å². The first kappa shape index (κ1) is 14.2. The third-order valence-electron chi connectivity index (χ3n) is 2.83. The van der Waals surface area contributed by atoms with Crippen LogP contribution < -0.4 is 10.6 Å². The van der Waals surface area contributed by atoms with Gasteiger partial charge in [0.05, 0.1) is 12.6 Å². The number of alkyl halides is 3. The zero-order valence-corrected chi connectivity index (χ0v) is 9.55. The summed E-state index contributed by atoms with van der Waals surface area (Å²) >= 11 is 0. The molecule has 0 radical (unpaired) electrons. The molecule has 4 nitrogen and oxygen atoms in total. The van der Waals surface area contributed by atoms with Gasteiger partial charge in [0, 0.05) is 0 Å². The standard InChI is InChI=1S/C10H17F3N2O2/c1-6-2-3-14-7(4-6)9(17)15-5-8(16)10(11,12)13/h6-8,14,16H,2-5H2,1H3,(H,15,17). The number of halogens is 3.